The summed E-state index contributed by atoms with van der Waals surface area (Å²) in [6.07, 6.45) is -0.711. The van der Waals surface area contributed by atoms with E-state index in [-0.39, 0.29) is 28.8 Å². The number of benzene rings is 2. The van der Waals surface area contributed by atoms with Gasteiger partial charge in [-0.15, -0.1) is 0 Å². The number of aromatic nitrogens is 3. The van der Waals surface area contributed by atoms with Crippen LogP contribution in [0.15, 0.2) is 65.7 Å². The SMILES string of the molecule is CC(=O)N1CCC(n2c(=O)n(-c3ccc(NC(=O)c4ccc(C)c(C(F)(F)F)c4)cc3)c3cnccc32)C1. The monoisotopic (exact) mass is 523 g/mol. The summed E-state index contributed by atoms with van der Waals surface area (Å²) in [7, 11) is 0. The molecule has 0 saturated carbocycles. The molecule has 38 heavy (non-hydrogen) atoms. The first-order chi connectivity index (χ1) is 18.0. The fourth-order valence-corrected chi connectivity index (χ4v) is 4.88. The number of rotatable bonds is 4. The summed E-state index contributed by atoms with van der Waals surface area (Å²) in [6.45, 7) is 3.86. The minimum absolute atomic E-state index is 0.0316. The van der Waals surface area contributed by atoms with E-state index in [4.69, 9.17) is 0 Å². The highest BCUT2D eigenvalue weighted by molar-refractivity contribution is 6.04. The standard InChI is InChI=1S/C27H24F3N5O3/c1-16-3-4-18(13-22(16)27(28,29)30)25(37)32-19-5-7-20(8-6-19)34-24-14-31-11-9-23(24)35(26(34)38)21-10-12-33(15-21)17(2)36/h3-9,11,13-14,21H,10,12,15H2,1-2H3,(H,32,37). The molecule has 1 atom stereocenters. The lowest BCUT2D eigenvalue weighted by molar-refractivity contribution is -0.138. The molecule has 8 nitrogen and oxygen atoms in total. The van der Waals surface area contributed by atoms with Crippen LogP contribution in [0.25, 0.3) is 16.7 Å². The third-order valence-electron chi connectivity index (χ3n) is 6.84. The number of nitrogens with zero attached hydrogens (tertiary/aromatic N) is 4. The molecule has 3 heterocycles. The molecule has 1 fully saturated rings. The number of aryl methyl sites for hydroxylation is 1. The fraction of sp³-hybridized carbons (Fsp3) is 0.259. The van der Waals surface area contributed by atoms with Crippen molar-refractivity contribution < 1.29 is 22.8 Å². The molecule has 0 radical (unpaired) electrons. The fourth-order valence-electron chi connectivity index (χ4n) is 4.88. The van der Waals surface area contributed by atoms with Gasteiger partial charge < -0.3 is 10.2 Å². The average Bonchev–Trinajstić information content (AvgIpc) is 3.46. The molecule has 0 spiro atoms. The first kappa shape index (κ1) is 25.2. The van der Waals surface area contributed by atoms with Gasteiger partial charge in [0.1, 0.15) is 0 Å². The van der Waals surface area contributed by atoms with Crippen LogP contribution in [-0.4, -0.2) is 43.9 Å². The highest BCUT2D eigenvalue weighted by Gasteiger charge is 2.33. The maximum Gasteiger partial charge on any atom is 0.416 e. The normalized spacial score (nSPS) is 15.7. The summed E-state index contributed by atoms with van der Waals surface area (Å²) in [5, 5.41) is 2.60. The van der Waals surface area contributed by atoms with E-state index in [1.54, 1.807) is 52.2 Å². The molecule has 4 aromatic rings. The Morgan fingerprint density at radius 3 is 2.45 bits per heavy atom. The van der Waals surface area contributed by atoms with E-state index < -0.39 is 17.6 Å². The van der Waals surface area contributed by atoms with E-state index in [0.717, 1.165) is 6.07 Å². The van der Waals surface area contributed by atoms with Gasteiger partial charge in [0.05, 0.1) is 34.5 Å². The summed E-state index contributed by atoms with van der Waals surface area (Å²) in [6, 6.07) is 11.4. The van der Waals surface area contributed by atoms with Crippen LogP contribution in [-0.2, 0) is 11.0 Å². The Bertz CT molecular complexity index is 1610. The molecule has 2 aromatic heterocycles. The molecule has 0 bridgehead atoms. The number of fused-ring (bicyclic) bond motifs is 1. The van der Waals surface area contributed by atoms with Crippen molar-refractivity contribution in [2.75, 3.05) is 18.4 Å². The smallest absolute Gasteiger partial charge is 0.341 e. The number of pyridine rings is 1. The lowest BCUT2D eigenvalue weighted by atomic mass is 10.0. The summed E-state index contributed by atoms with van der Waals surface area (Å²) >= 11 is 0. The van der Waals surface area contributed by atoms with Crippen molar-refractivity contribution in [1.29, 1.82) is 0 Å². The van der Waals surface area contributed by atoms with Gasteiger partial charge in [-0.1, -0.05) is 6.07 Å². The summed E-state index contributed by atoms with van der Waals surface area (Å²) in [5.41, 5.74) is 0.944. The highest BCUT2D eigenvalue weighted by Crippen LogP contribution is 2.32. The molecule has 1 saturated heterocycles. The van der Waals surface area contributed by atoms with Gasteiger partial charge in [-0.05, 0) is 61.4 Å². The van der Waals surface area contributed by atoms with Crippen molar-refractivity contribution in [1.82, 2.24) is 19.0 Å². The molecular formula is C27H24F3N5O3. The number of amides is 2. The minimum atomic E-state index is -4.56. The Labute approximate surface area is 215 Å². The number of imidazole rings is 1. The van der Waals surface area contributed by atoms with Crippen molar-refractivity contribution in [2.45, 2.75) is 32.5 Å². The van der Waals surface area contributed by atoms with Gasteiger partial charge in [0.15, 0.2) is 0 Å². The van der Waals surface area contributed by atoms with E-state index in [1.807, 2.05) is 0 Å². The quantitative estimate of drug-likeness (QED) is 0.425. The lowest BCUT2D eigenvalue weighted by Gasteiger charge is -2.15. The van der Waals surface area contributed by atoms with Gasteiger partial charge in [-0.2, -0.15) is 13.2 Å². The van der Waals surface area contributed by atoms with Crippen LogP contribution in [0.4, 0.5) is 18.9 Å². The van der Waals surface area contributed by atoms with E-state index >= 15 is 0 Å². The summed E-state index contributed by atoms with van der Waals surface area (Å²) in [4.78, 5) is 43.9. The number of hydrogen-bond donors (Lipinski definition) is 1. The predicted molar refractivity (Wildman–Crippen MR) is 135 cm³/mol. The van der Waals surface area contributed by atoms with Crippen molar-refractivity contribution in [3.63, 3.8) is 0 Å². The molecular weight excluding hydrogens is 499 g/mol. The van der Waals surface area contributed by atoms with Crippen molar-refractivity contribution in [3.05, 3.63) is 88.1 Å². The van der Waals surface area contributed by atoms with Crippen LogP contribution >= 0.6 is 0 Å². The Hall–Kier alpha value is -4.41. The third kappa shape index (κ3) is 4.55. The number of anilines is 1. The Morgan fingerprint density at radius 1 is 1.05 bits per heavy atom. The topological polar surface area (TPSA) is 89.2 Å². The van der Waals surface area contributed by atoms with E-state index in [9.17, 15) is 27.6 Å². The first-order valence-electron chi connectivity index (χ1n) is 12.0. The molecule has 11 heteroatoms. The number of nitrogens with one attached hydrogen (secondary N) is 1. The van der Waals surface area contributed by atoms with Gasteiger partial charge in [-0.25, -0.2) is 4.79 Å². The van der Waals surface area contributed by atoms with Crippen LogP contribution in [0.1, 0.15) is 40.9 Å². The molecule has 5 rings (SSSR count). The zero-order valence-corrected chi connectivity index (χ0v) is 20.6. The second kappa shape index (κ2) is 9.47. The van der Waals surface area contributed by atoms with Crippen LogP contribution in [0.2, 0.25) is 0 Å². The van der Waals surface area contributed by atoms with Crippen LogP contribution in [0, 0.1) is 6.92 Å². The van der Waals surface area contributed by atoms with Crippen LogP contribution < -0.4 is 11.0 Å². The number of carbonyl (C=O) groups is 2. The second-order valence-electron chi connectivity index (χ2n) is 9.29. The number of halogens is 3. The highest BCUT2D eigenvalue weighted by atomic mass is 19.4. The Balaban J connectivity index is 1.43. The second-order valence-corrected chi connectivity index (χ2v) is 9.29. The summed E-state index contributed by atoms with van der Waals surface area (Å²) < 4.78 is 42.9. The van der Waals surface area contributed by atoms with E-state index in [2.05, 4.69) is 10.3 Å². The summed E-state index contributed by atoms with van der Waals surface area (Å²) in [5.74, 6) is -0.721. The third-order valence-corrected chi connectivity index (χ3v) is 6.84. The molecule has 0 aliphatic carbocycles. The van der Waals surface area contributed by atoms with E-state index in [0.29, 0.717) is 41.9 Å². The van der Waals surface area contributed by atoms with Gasteiger partial charge in [0.25, 0.3) is 5.91 Å². The number of hydrogen-bond acceptors (Lipinski definition) is 4. The molecule has 1 aliphatic rings. The zero-order chi connectivity index (χ0) is 27.2. The first-order valence-corrected chi connectivity index (χ1v) is 12.0. The number of alkyl halides is 3. The van der Waals surface area contributed by atoms with Crippen molar-refractivity contribution in [3.8, 4) is 5.69 Å². The van der Waals surface area contributed by atoms with Crippen molar-refractivity contribution >= 4 is 28.5 Å². The van der Waals surface area contributed by atoms with Gasteiger partial charge in [0.2, 0.25) is 5.91 Å². The maximum absolute atomic E-state index is 13.6. The van der Waals surface area contributed by atoms with Gasteiger partial charge in [-0.3, -0.25) is 23.7 Å². The van der Waals surface area contributed by atoms with Crippen LogP contribution in [0.3, 0.4) is 0 Å². The molecule has 1 aliphatic heterocycles. The largest absolute Gasteiger partial charge is 0.416 e. The Morgan fingerprint density at radius 2 is 1.79 bits per heavy atom. The number of likely N-dealkylation sites (tertiary alicyclic amines) is 1. The zero-order valence-electron chi connectivity index (χ0n) is 20.6. The lowest BCUT2D eigenvalue weighted by Crippen LogP contribution is -2.30. The molecule has 1 N–H and O–H groups in total. The molecule has 2 aromatic carbocycles. The van der Waals surface area contributed by atoms with Gasteiger partial charge in [0, 0.05) is 37.5 Å². The molecule has 1 unspecified atom stereocenters. The predicted octanol–water partition coefficient (Wildman–Crippen LogP) is 4.56. The van der Waals surface area contributed by atoms with Crippen LogP contribution in [0.5, 0.6) is 0 Å². The van der Waals surface area contributed by atoms with E-state index in [1.165, 1.54) is 30.5 Å². The minimum Gasteiger partial charge on any atom is -0.341 e. The molecule has 2 amide bonds. The number of carbonyl (C=O) groups excluding carboxylic acids is 2. The average molecular weight is 524 g/mol. The van der Waals surface area contributed by atoms with Gasteiger partial charge >= 0.3 is 11.9 Å². The molecule has 196 valence electrons. The maximum atomic E-state index is 13.6. The Kier molecular flexibility index (Phi) is 6.29. The van der Waals surface area contributed by atoms with Crippen molar-refractivity contribution in [2.24, 2.45) is 0 Å².